The van der Waals surface area contributed by atoms with Crippen LogP contribution in [0.4, 0.5) is 22.7 Å². The average molecular weight is 821 g/mol. The zero-order chi connectivity index (χ0) is 32.8. The summed E-state index contributed by atoms with van der Waals surface area (Å²) in [4.78, 5) is 4.69. The van der Waals surface area contributed by atoms with E-state index in [0.29, 0.717) is 16.0 Å². The molecule has 10 rings (SSSR count). The summed E-state index contributed by atoms with van der Waals surface area (Å²) in [6.45, 7) is 14.5. The van der Waals surface area contributed by atoms with E-state index in [1.165, 1.54) is 33.8 Å². The van der Waals surface area contributed by atoms with Crippen LogP contribution in [0.3, 0.4) is 0 Å². The number of fused-ring (bicyclic) bond motifs is 3. The third kappa shape index (κ3) is 4.75. The van der Waals surface area contributed by atoms with Crippen LogP contribution in [0, 0.1) is 32.6 Å². The summed E-state index contributed by atoms with van der Waals surface area (Å²) in [7, 11) is 0. The Balaban J connectivity index is 0.00000348. The van der Waals surface area contributed by atoms with Gasteiger partial charge in [-0.1, -0.05) is 74.8 Å². The van der Waals surface area contributed by atoms with E-state index >= 15 is 0 Å². The van der Waals surface area contributed by atoms with Gasteiger partial charge in [0.15, 0.2) is 18.0 Å². The summed E-state index contributed by atoms with van der Waals surface area (Å²) in [5.41, 5.74) is 10.8. The first kappa shape index (κ1) is 31.7. The Hall–Kier alpha value is -4.54. The molecule has 0 radical (unpaired) electrons. The number of ether oxygens (including phenoxy) is 1. The first-order chi connectivity index (χ1) is 23.2. The fourth-order valence-corrected chi connectivity index (χ4v) is 7.62. The monoisotopic (exact) mass is 820 g/mol. The van der Waals surface area contributed by atoms with Gasteiger partial charge in [-0.2, -0.15) is 6.07 Å². The Morgan fingerprint density at radius 3 is 2.14 bits per heavy atom. The molecule has 2 bridgehead atoms. The molecule has 6 heteroatoms. The molecule has 5 nitrogen and oxygen atoms in total. The second-order valence-electron chi connectivity index (χ2n) is 14.4. The average Bonchev–Trinajstić information content (AvgIpc) is 3.65. The molecule has 0 unspecified atom stereocenters. The van der Waals surface area contributed by atoms with Gasteiger partial charge in [0.05, 0.1) is 6.67 Å². The summed E-state index contributed by atoms with van der Waals surface area (Å²) in [6, 6.07) is 46.1. The van der Waals surface area contributed by atoms with Crippen molar-refractivity contribution in [1.82, 2.24) is 18.5 Å². The number of quaternary nitrogens is 2. The summed E-state index contributed by atoms with van der Waals surface area (Å²) in [6.07, 6.45) is 1.83. The van der Waals surface area contributed by atoms with Gasteiger partial charge in [0.25, 0.3) is 0 Å². The standard InChI is InChI=1S/C43H37N4O.Pt/c1-29-21-40-41(22-30(29)2)47(27-46(40,28-47)32-13-7-6-8-14-32)33-23-31(43(3,4)5)24-35(25-33)48-34-18-19-37-36-15-9-10-16-38(36)45(39(37)26-34)42-17-11-12-20-44-42;/h6-24,27H,28H2,1-5H3;/q-1;/t46-,47+;/m0./s1. The Labute approximate surface area is 302 Å². The van der Waals surface area contributed by atoms with Crippen molar-refractivity contribution >= 4 is 44.6 Å². The van der Waals surface area contributed by atoms with E-state index in [4.69, 9.17) is 4.74 Å². The zero-order valence-corrected chi connectivity index (χ0v) is 30.5. The molecule has 246 valence electrons. The van der Waals surface area contributed by atoms with Crippen LogP contribution in [0.2, 0.25) is 0 Å². The minimum atomic E-state index is -0.0959. The molecule has 3 aliphatic heterocycles. The van der Waals surface area contributed by atoms with Gasteiger partial charge in [-0.3, -0.25) is 4.48 Å². The molecular formula is C43H37N4OPt-. The van der Waals surface area contributed by atoms with Crippen molar-refractivity contribution in [2.75, 3.05) is 6.67 Å². The van der Waals surface area contributed by atoms with E-state index in [9.17, 15) is 0 Å². The summed E-state index contributed by atoms with van der Waals surface area (Å²) in [5, 5.41) is 2.27. The molecule has 0 aliphatic carbocycles. The number of benzene rings is 5. The van der Waals surface area contributed by atoms with Gasteiger partial charge in [-0.05, 0) is 66.1 Å². The van der Waals surface area contributed by atoms with Crippen molar-refractivity contribution in [2.24, 2.45) is 0 Å². The van der Waals surface area contributed by atoms with Crippen molar-refractivity contribution in [1.29, 1.82) is 0 Å². The smallest absolute Gasteiger partial charge is 0.184 e. The molecule has 49 heavy (non-hydrogen) atoms. The number of hydrogen-bond donors (Lipinski definition) is 0. The number of aryl methyl sites for hydroxylation is 2. The van der Waals surface area contributed by atoms with Gasteiger partial charge in [0.1, 0.15) is 11.5 Å². The minimum absolute atomic E-state index is 0. The van der Waals surface area contributed by atoms with Crippen molar-refractivity contribution in [3.8, 4) is 17.3 Å². The predicted molar refractivity (Wildman–Crippen MR) is 196 cm³/mol. The van der Waals surface area contributed by atoms with Crippen LogP contribution in [-0.4, -0.2) is 16.2 Å². The Kier molecular flexibility index (Phi) is 7.28. The van der Waals surface area contributed by atoms with Crippen LogP contribution in [-0.2, 0) is 26.5 Å². The van der Waals surface area contributed by atoms with Gasteiger partial charge in [0.2, 0.25) is 0 Å². The van der Waals surface area contributed by atoms with Crippen LogP contribution in [0.5, 0.6) is 11.5 Å². The second kappa shape index (κ2) is 11.2. The molecule has 0 N–H and O–H groups in total. The van der Waals surface area contributed by atoms with Crippen molar-refractivity contribution in [3.05, 3.63) is 151 Å². The van der Waals surface area contributed by atoms with E-state index in [-0.39, 0.29) is 26.5 Å². The molecule has 7 aromatic rings. The number of hydrogen-bond acceptors (Lipinski definition) is 2. The molecule has 1 saturated heterocycles. The maximum Gasteiger partial charge on any atom is 0.184 e. The largest absolute Gasteiger partial charge is 0.509 e. The van der Waals surface area contributed by atoms with Gasteiger partial charge in [-0.25, -0.2) is 4.98 Å². The summed E-state index contributed by atoms with van der Waals surface area (Å²) < 4.78 is 10.3. The minimum Gasteiger partial charge on any atom is -0.509 e. The molecule has 0 spiro atoms. The van der Waals surface area contributed by atoms with Crippen LogP contribution in [0.25, 0.3) is 27.6 Å². The van der Waals surface area contributed by atoms with Crippen LogP contribution < -0.4 is 13.7 Å². The number of pyridine rings is 1. The SMILES string of the molecule is Cc1cc2c(cc1C)[N@+]1(c3[c-]c(Oc4[c-]c5c(cc4)c4ccccc4n5-c4ccccn4)cc(C(C)(C)C)c3)[CH-][N@@+]2(c2ccccc2)C1.[Pt]. The van der Waals surface area contributed by atoms with E-state index in [1.54, 1.807) is 0 Å². The quantitative estimate of drug-likeness (QED) is 0.128. The molecule has 3 aliphatic rings. The number of nitrogens with zero attached hydrogens (tertiary/aromatic N) is 4. The normalized spacial score (nSPS) is 19.4. The topological polar surface area (TPSA) is 27.1 Å². The Morgan fingerprint density at radius 1 is 0.735 bits per heavy atom. The Bertz CT molecular complexity index is 2390. The molecular weight excluding hydrogens is 784 g/mol. The van der Waals surface area contributed by atoms with E-state index in [1.807, 2.05) is 30.5 Å². The van der Waals surface area contributed by atoms with Crippen LogP contribution in [0.15, 0.2) is 115 Å². The van der Waals surface area contributed by atoms with Gasteiger partial charge < -0.3 is 13.8 Å². The van der Waals surface area contributed by atoms with Gasteiger partial charge in [0, 0.05) is 62.1 Å². The molecule has 2 atom stereocenters. The van der Waals surface area contributed by atoms with Crippen LogP contribution in [0.1, 0.15) is 37.5 Å². The maximum absolute atomic E-state index is 6.74. The summed E-state index contributed by atoms with van der Waals surface area (Å²) >= 11 is 0. The van der Waals surface area contributed by atoms with Crippen molar-refractivity contribution in [2.45, 2.75) is 40.0 Å². The molecule has 0 saturated carbocycles. The summed E-state index contributed by atoms with van der Waals surface area (Å²) in [5.74, 6) is 2.19. The fourth-order valence-electron chi connectivity index (χ4n) is 7.62. The number of rotatable bonds is 5. The fraction of sp³-hybridized carbons (Fsp3) is 0.163. The predicted octanol–water partition coefficient (Wildman–Crippen LogP) is 10.9. The zero-order valence-electron chi connectivity index (χ0n) is 28.3. The molecule has 0 amide bonds. The molecule has 5 heterocycles. The van der Waals surface area contributed by atoms with Crippen LogP contribution >= 0.6 is 0 Å². The third-order valence-electron chi connectivity index (χ3n) is 10.3. The molecule has 1 fully saturated rings. The number of aromatic nitrogens is 2. The van der Waals surface area contributed by atoms with Crippen molar-refractivity contribution < 1.29 is 25.8 Å². The van der Waals surface area contributed by atoms with E-state index in [2.05, 4.69) is 148 Å². The first-order valence-electron chi connectivity index (χ1n) is 16.6. The molecule has 5 aromatic carbocycles. The van der Waals surface area contributed by atoms with E-state index < -0.39 is 0 Å². The van der Waals surface area contributed by atoms with E-state index in [0.717, 1.165) is 44.5 Å². The van der Waals surface area contributed by atoms with Gasteiger partial charge in [-0.15, -0.1) is 35.2 Å². The first-order valence-corrected chi connectivity index (χ1v) is 16.6. The third-order valence-corrected chi connectivity index (χ3v) is 10.3. The van der Waals surface area contributed by atoms with Crippen molar-refractivity contribution in [3.63, 3.8) is 0 Å². The van der Waals surface area contributed by atoms with Gasteiger partial charge >= 0.3 is 0 Å². The number of para-hydroxylation sites is 2. The Morgan fingerprint density at radius 2 is 1.43 bits per heavy atom. The maximum atomic E-state index is 6.74. The second-order valence-corrected chi connectivity index (χ2v) is 14.4. The molecule has 2 aromatic heterocycles.